The molecule has 4 aliphatic heterocycles. The summed E-state index contributed by atoms with van der Waals surface area (Å²) in [6, 6.07) is 22.0. The quantitative estimate of drug-likeness (QED) is 0.371. The van der Waals surface area contributed by atoms with Gasteiger partial charge in [-0.3, -0.25) is 19.4 Å². The van der Waals surface area contributed by atoms with Crippen molar-refractivity contribution in [3.63, 3.8) is 0 Å². The van der Waals surface area contributed by atoms with Crippen LogP contribution in [-0.2, 0) is 10.2 Å². The highest BCUT2D eigenvalue weighted by Crippen LogP contribution is 2.62. The number of fused-ring (bicyclic) bond motifs is 7. The molecule has 8 rings (SSSR count). The van der Waals surface area contributed by atoms with Gasteiger partial charge in [-0.05, 0) is 59.2 Å². The van der Waals surface area contributed by atoms with Gasteiger partial charge in [0.15, 0.2) is 23.1 Å². The van der Waals surface area contributed by atoms with Crippen LogP contribution < -0.4 is 14.8 Å². The molecule has 1 aromatic heterocycles. The van der Waals surface area contributed by atoms with Crippen molar-refractivity contribution in [3.05, 3.63) is 125 Å². The number of ketones is 2. The summed E-state index contributed by atoms with van der Waals surface area (Å²) in [6.45, 7) is 0.0767. The largest absolute Gasteiger partial charge is 0.454 e. The molecule has 4 unspecified atom stereocenters. The van der Waals surface area contributed by atoms with Gasteiger partial charge >= 0.3 is 0 Å². The molecule has 4 aromatic rings. The zero-order valence-corrected chi connectivity index (χ0v) is 21.7. The minimum absolute atomic E-state index is 0.0767. The van der Waals surface area contributed by atoms with Crippen molar-refractivity contribution in [1.82, 2.24) is 9.88 Å². The molecule has 41 heavy (non-hydrogen) atoms. The van der Waals surface area contributed by atoms with E-state index in [0.29, 0.717) is 33.9 Å². The third-order valence-corrected chi connectivity index (χ3v) is 8.74. The Kier molecular flexibility index (Phi) is 4.97. The van der Waals surface area contributed by atoms with E-state index in [4.69, 9.17) is 9.47 Å². The molecule has 4 aliphatic rings. The Morgan fingerprint density at radius 3 is 2.54 bits per heavy atom. The number of pyridine rings is 1. The number of Topliss-reactive ketones (excluding diaryl/α,β-unsaturated/α-hetero) is 2. The maximum Gasteiger partial charge on any atom is 0.238 e. The Morgan fingerprint density at radius 1 is 0.878 bits per heavy atom. The molecular weight excluding hydrogens is 518 g/mol. The van der Waals surface area contributed by atoms with Gasteiger partial charge in [0, 0.05) is 35.4 Å². The number of hydrogen-bond donors (Lipinski definition) is 1. The summed E-state index contributed by atoms with van der Waals surface area (Å²) in [5, 5.41) is 3.06. The summed E-state index contributed by atoms with van der Waals surface area (Å²) in [4.78, 5) is 49.8. The summed E-state index contributed by atoms with van der Waals surface area (Å²) in [5.74, 6) is -0.889. The lowest BCUT2D eigenvalue weighted by Crippen LogP contribution is -2.49. The number of aromatic nitrogens is 1. The van der Waals surface area contributed by atoms with Gasteiger partial charge in [-0.15, -0.1) is 0 Å². The van der Waals surface area contributed by atoms with E-state index in [-0.39, 0.29) is 24.3 Å². The van der Waals surface area contributed by atoms with Crippen LogP contribution in [0.3, 0.4) is 0 Å². The third kappa shape index (κ3) is 3.15. The number of carbonyl (C=O) groups is 3. The zero-order chi connectivity index (χ0) is 27.7. The van der Waals surface area contributed by atoms with Gasteiger partial charge in [-0.1, -0.05) is 42.5 Å². The van der Waals surface area contributed by atoms with Crippen molar-refractivity contribution >= 4 is 29.2 Å². The molecule has 200 valence electrons. The number of anilines is 1. The van der Waals surface area contributed by atoms with Crippen LogP contribution >= 0.6 is 0 Å². The van der Waals surface area contributed by atoms with E-state index < -0.39 is 23.4 Å². The number of hydrogen-bond acceptors (Lipinski definition) is 7. The second-order valence-electron chi connectivity index (χ2n) is 10.6. The minimum atomic E-state index is -1.38. The van der Waals surface area contributed by atoms with Crippen LogP contribution in [0.5, 0.6) is 11.5 Å². The number of amides is 1. The van der Waals surface area contributed by atoms with Crippen LogP contribution in [0, 0.1) is 5.92 Å². The van der Waals surface area contributed by atoms with Gasteiger partial charge in [-0.25, -0.2) is 0 Å². The molecule has 0 saturated carbocycles. The summed E-state index contributed by atoms with van der Waals surface area (Å²) in [6.07, 6.45) is 6.90. The van der Waals surface area contributed by atoms with Crippen molar-refractivity contribution in [3.8, 4) is 11.5 Å². The van der Waals surface area contributed by atoms with Crippen molar-refractivity contribution in [2.45, 2.75) is 17.5 Å². The van der Waals surface area contributed by atoms with E-state index in [0.717, 1.165) is 11.1 Å². The first kappa shape index (κ1) is 23.6. The molecule has 0 radical (unpaired) electrons. The Hall–Kier alpha value is -5.24. The van der Waals surface area contributed by atoms with Gasteiger partial charge in [-0.2, -0.15) is 0 Å². The van der Waals surface area contributed by atoms with Gasteiger partial charge in [0.25, 0.3) is 0 Å². The number of nitrogens with zero attached hydrogens (tertiary/aromatic N) is 2. The smallest absolute Gasteiger partial charge is 0.238 e. The van der Waals surface area contributed by atoms with Gasteiger partial charge in [0.2, 0.25) is 12.7 Å². The van der Waals surface area contributed by atoms with Gasteiger partial charge in [0.1, 0.15) is 11.5 Å². The predicted molar refractivity (Wildman–Crippen MR) is 150 cm³/mol. The van der Waals surface area contributed by atoms with Crippen molar-refractivity contribution in [2.24, 2.45) is 5.92 Å². The van der Waals surface area contributed by atoms with Gasteiger partial charge < -0.3 is 19.7 Å². The number of benzene rings is 3. The Balaban J connectivity index is 1.41. The van der Waals surface area contributed by atoms with Crippen molar-refractivity contribution in [2.75, 3.05) is 12.1 Å². The number of para-hydroxylation sites is 1. The second-order valence-corrected chi connectivity index (χ2v) is 10.6. The Bertz CT molecular complexity index is 1800. The first-order valence-corrected chi connectivity index (χ1v) is 13.4. The molecule has 8 nitrogen and oxygen atoms in total. The molecule has 0 aliphatic carbocycles. The van der Waals surface area contributed by atoms with Crippen molar-refractivity contribution in [1.29, 1.82) is 0 Å². The molecule has 1 fully saturated rings. The van der Waals surface area contributed by atoms with Crippen LogP contribution in [0.25, 0.3) is 6.08 Å². The maximum absolute atomic E-state index is 14.7. The average molecular weight is 542 g/mol. The predicted octanol–water partition coefficient (Wildman–Crippen LogP) is 4.79. The van der Waals surface area contributed by atoms with Crippen LogP contribution in [-0.4, -0.2) is 40.2 Å². The molecule has 4 atom stereocenters. The summed E-state index contributed by atoms with van der Waals surface area (Å²) >= 11 is 0. The molecule has 3 aromatic carbocycles. The fourth-order valence-corrected chi connectivity index (χ4v) is 7.08. The van der Waals surface area contributed by atoms with E-state index in [2.05, 4.69) is 10.3 Å². The van der Waals surface area contributed by atoms with Gasteiger partial charge in [0.05, 0.1) is 12.0 Å². The highest BCUT2D eigenvalue weighted by molar-refractivity contribution is 6.16. The first-order chi connectivity index (χ1) is 20.1. The highest BCUT2D eigenvalue weighted by atomic mass is 16.7. The highest BCUT2D eigenvalue weighted by Gasteiger charge is 2.70. The lowest BCUT2D eigenvalue weighted by Gasteiger charge is -2.38. The number of ether oxygens (including phenoxy) is 2. The summed E-state index contributed by atoms with van der Waals surface area (Å²) < 4.78 is 11.0. The maximum atomic E-state index is 14.7. The Morgan fingerprint density at radius 2 is 1.66 bits per heavy atom. The lowest BCUT2D eigenvalue weighted by atomic mass is 9.62. The number of rotatable bonds is 4. The van der Waals surface area contributed by atoms with E-state index in [1.54, 1.807) is 42.7 Å². The first-order valence-electron chi connectivity index (χ1n) is 13.4. The van der Waals surface area contributed by atoms with Crippen LogP contribution in [0.4, 0.5) is 5.69 Å². The third-order valence-electron chi connectivity index (χ3n) is 8.74. The normalized spacial score (nSPS) is 24.5. The molecule has 1 amide bonds. The Labute approximate surface area is 235 Å². The number of carbonyl (C=O) groups excluding carboxylic acids is 3. The minimum Gasteiger partial charge on any atom is -0.454 e. The fraction of sp³-hybridized carbons (Fsp3) is 0.152. The van der Waals surface area contributed by atoms with Crippen LogP contribution in [0.15, 0.2) is 97.5 Å². The fourth-order valence-electron chi connectivity index (χ4n) is 7.08. The number of nitrogens with one attached hydrogen (secondary N) is 1. The standard InChI is InChI=1S/C33H23N3O5/c37-29(20-11-14-34-15-12-20)27-28(30(38)21-9-10-25-26(17-21)41-18-40-25)36-16-13-19-5-1-2-6-22(19)31(36)33(27)23-7-3-4-8-24(23)35-32(33)39/h1-17,27-28,31H,18H2,(H,35,39). The molecule has 0 bridgehead atoms. The topological polar surface area (TPSA) is 97.8 Å². The zero-order valence-electron chi connectivity index (χ0n) is 21.7. The monoisotopic (exact) mass is 541 g/mol. The molecule has 1 N–H and O–H groups in total. The molecule has 1 saturated heterocycles. The van der Waals surface area contributed by atoms with Crippen LogP contribution in [0.2, 0.25) is 0 Å². The summed E-state index contributed by atoms with van der Waals surface area (Å²) in [7, 11) is 0. The SMILES string of the molecule is O=C(c1ccc2c(c1)OCO2)C1C(C(=O)c2ccncc2)C2(C(=O)Nc3ccccc32)C2c3ccccc3C=CN12. The van der Waals surface area contributed by atoms with Crippen molar-refractivity contribution < 1.29 is 23.9 Å². The molecular formula is C33H23N3O5. The van der Waals surface area contributed by atoms with E-state index in [1.165, 1.54) is 0 Å². The van der Waals surface area contributed by atoms with E-state index in [9.17, 15) is 14.4 Å². The average Bonchev–Trinajstić information content (AvgIpc) is 3.70. The van der Waals surface area contributed by atoms with E-state index >= 15 is 0 Å². The molecule has 1 spiro atoms. The van der Waals surface area contributed by atoms with Crippen LogP contribution in [0.1, 0.15) is 43.4 Å². The molecule has 5 heterocycles. The molecule has 8 heteroatoms. The second kappa shape index (κ2) is 8.63. The summed E-state index contributed by atoms with van der Waals surface area (Å²) in [5.41, 5.74) is 2.57. The van der Waals surface area contributed by atoms with E-state index in [1.807, 2.05) is 65.7 Å². The lowest BCUT2D eigenvalue weighted by molar-refractivity contribution is -0.122.